The summed E-state index contributed by atoms with van der Waals surface area (Å²) in [6, 6.07) is 0. The lowest BCUT2D eigenvalue weighted by Crippen LogP contribution is -2.25. The van der Waals surface area contributed by atoms with Gasteiger partial charge in [0.25, 0.3) is 0 Å². The normalized spacial score (nSPS) is 14.1. The Labute approximate surface area is 307 Å². The summed E-state index contributed by atoms with van der Waals surface area (Å²) in [4.78, 5) is 23.9. The van der Waals surface area contributed by atoms with Crippen molar-refractivity contribution in [2.75, 3.05) is 13.2 Å². The molecule has 6 heteroatoms. The highest BCUT2D eigenvalue weighted by molar-refractivity contribution is 5.69. The van der Waals surface area contributed by atoms with E-state index < -0.39 is 12.2 Å². The number of allylic oxidation sites excluding steroid dienone is 8. The standard InChI is InChI=1S/C44H76O6/c1-4-6-7-8-24-29-34-41(45)35-30-25-20-17-18-22-27-32-37-44(48)50-39-42(46)38-49-43(47)36-31-26-21-16-14-12-10-9-11-13-15-19-23-28-33-40(3)5-2/h6-7,18,20,22,24-25,29-30,35,40-42,45-46H,4-5,8-17,19,21,23,26-28,31-34,36-39H2,1-3H3/b7-6-,22-18-,25-20-,29-24-,35-30+/t40?,41?,42-/m0/s1. The minimum absolute atomic E-state index is 0.150. The van der Waals surface area contributed by atoms with Crippen molar-refractivity contribution in [2.24, 2.45) is 5.92 Å². The third-order valence-corrected chi connectivity index (χ3v) is 8.89. The second-order valence-electron chi connectivity index (χ2n) is 13.8. The minimum Gasteiger partial charge on any atom is -0.463 e. The van der Waals surface area contributed by atoms with Gasteiger partial charge >= 0.3 is 11.9 Å². The van der Waals surface area contributed by atoms with Crippen LogP contribution < -0.4 is 0 Å². The van der Waals surface area contributed by atoms with Crippen molar-refractivity contribution in [3.05, 3.63) is 60.8 Å². The second-order valence-corrected chi connectivity index (χ2v) is 13.8. The lowest BCUT2D eigenvalue weighted by molar-refractivity contribution is -0.152. The maximum absolute atomic E-state index is 12.0. The topological polar surface area (TPSA) is 93.1 Å². The number of hydrogen-bond donors (Lipinski definition) is 2. The average Bonchev–Trinajstić information content (AvgIpc) is 3.11. The summed E-state index contributed by atoms with van der Waals surface area (Å²) in [5.74, 6) is 0.226. The van der Waals surface area contributed by atoms with E-state index in [0.29, 0.717) is 19.3 Å². The molecule has 0 radical (unpaired) electrons. The van der Waals surface area contributed by atoms with E-state index in [2.05, 4.69) is 39.0 Å². The Morgan fingerprint density at radius 2 is 1.08 bits per heavy atom. The highest BCUT2D eigenvalue weighted by Gasteiger charge is 2.12. The highest BCUT2D eigenvalue weighted by atomic mass is 16.6. The van der Waals surface area contributed by atoms with Crippen molar-refractivity contribution in [3.63, 3.8) is 0 Å². The number of unbranched alkanes of at least 4 members (excludes halogenated alkanes) is 14. The Morgan fingerprint density at radius 1 is 0.580 bits per heavy atom. The van der Waals surface area contributed by atoms with Gasteiger partial charge < -0.3 is 19.7 Å². The first-order valence-electron chi connectivity index (χ1n) is 20.3. The van der Waals surface area contributed by atoms with Crippen LogP contribution in [0.25, 0.3) is 0 Å². The van der Waals surface area contributed by atoms with Crippen LogP contribution in [0.3, 0.4) is 0 Å². The maximum Gasteiger partial charge on any atom is 0.305 e. The van der Waals surface area contributed by atoms with Crippen molar-refractivity contribution in [1.29, 1.82) is 0 Å². The lowest BCUT2D eigenvalue weighted by atomic mass is 9.99. The molecule has 0 bridgehead atoms. The number of hydrogen-bond acceptors (Lipinski definition) is 6. The summed E-state index contributed by atoms with van der Waals surface area (Å²) < 4.78 is 10.3. The number of aliphatic hydroxyl groups is 2. The van der Waals surface area contributed by atoms with Crippen molar-refractivity contribution in [3.8, 4) is 0 Å². The van der Waals surface area contributed by atoms with E-state index in [1.54, 1.807) is 6.08 Å². The number of esters is 2. The van der Waals surface area contributed by atoms with Crippen molar-refractivity contribution < 1.29 is 29.3 Å². The molecule has 0 heterocycles. The molecule has 2 N–H and O–H groups in total. The average molecular weight is 701 g/mol. The van der Waals surface area contributed by atoms with Crippen LogP contribution in [-0.2, 0) is 19.1 Å². The van der Waals surface area contributed by atoms with Gasteiger partial charge in [0.2, 0.25) is 0 Å². The number of rotatable bonds is 35. The first-order chi connectivity index (χ1) is 24.4. The predicted octanol–water partition coefficient (Wildman–Crippen LogP) is 11.6. The first-order valence-corrected chi connectivity index (χ1v) is 20.3. The zero-order valence-corrected chi connectivity index (χ0v) is 32.4. The van der Waals surface area contributed by atoms with Crippen LogP contribution >= 0.6 is 0 Å². The quantitative estimate of drug-likeness (QED) is 0.0296. The van der Waals surface area contributed by atoms with Gasteiger partial charge in [0.1, 0.15) is 19.3 Å². The van der Waals surface area contributed by atoms with Gasteiger partial charge in [-0.15, -0.1) is 0 Å². The van der Waals surface area contributed by atoms with Crippen LogP contribution in [0, 0.1) is 5.92 Å². The largest absolute Gasteiger partial charge is 0.463 e. The third kappa shape index (κ3) is 36.8. The molecule has 0 saturated heterocycles. The lowest BCUT2D eigenvalue weighted by Gasteiger charge is -2.12. The fourth-order valence-corrected chi connectivity index (χ4v) is 5.42. The van der Waals surface area contributed by atoms with Crippen LogP contribution in [0.15, 0.2) is 60.8 Å². The van der Waals surface area contributed by atoms with Gasteiger partial charge in [-0.2, -0.15) is 0 Å². The highest BCUT2D eigenvalue weighted by Crippen LogP contribution is 2.16. The third-order valence-electron chi connectivity index (χ3n) is 8.89. The number of carbonyl (C=O) groups is 2. The number of aliphatic hydroxyl groups excluding tert-OH is 2. The van der Waals surface area contributed by atoms with E-state index in [4.69, 9.17) is 9.47 Å². The molecule has 0 aromatic rings. The molecule has 0 rings (SSSR count). The Balaban J connectivity index is 3.59. The van der Waals surface area contributed by atoms with E-state index in [0.717, 1.165) is 50.9 Å². The Hall–Kier alpha value is -2.44. The van der Waals surface area contributed by atoms with E-state index in [1.165, 1.54) is 83.5 Å². The van der Waals surface area contributed by atoms with Gasteiger partial charge in [-0.05, 0) is 50.9 Å². The smallest absolute Gasteiger partial charge is 0.305 e. The number of carbonyl (C=O) groups excluding carboxylic acids is 2. The van der Waals surface area contributed by atoms with E-state index in [9.17, 15) is 19.8 Å². The van der Waals surface area contributed by atoms with Gasteiger partial charge in [-0.25, -0.2) is 0 Å². The first kappa shape index (κ1) is 47.6. The van der Waals surface area contributed by atoms with Crippen LogP contribution in [-0.4, -0.2) is 47.6 Å². The van der Waals surface area contributed by atoms with Gasteiger partial charge in [0, 0.05) is 12.8 Å². The van der Waals surface area contributed by atoms with Crippen molar-refractivity contribution in [1.82, 2.24) is 0 Å². The van der Waals surface area contributed by atoms with Crippen LogP contribution in [0.5, 0.6) is 0 Å². The fraction of sp³-hybridized carbons (Fsp3) is 0.727. The molecule has 0 aliphatic heterocycles. The molecule has 0 aromatic carbocycles. The molecule has 288 valence electrons. The van der Waals surface area contributed by atoms with E-state index in [1.807, 2.05) is 36.5 Å². The summed E-state index contributed by atoms with van der Waals surface area (Å²) in [5.41, 5.74) is 0. The molecule has 0 spiro atoms. The van der Waals surface area contributed by atoms with Crippen LogP contribution in [0.1, 0.15) is 175 Å². The zero-order valence-electron chi connectivity index (χ0n) is 32.4. The summed E-state index contributed by atoms with van der Waals surface area (Å²) in [6.45, 7) is 6.45. The van der Waals surface area contributed by atoms with Gasteiger partial charge in [-0.3, -0.25) is 9.59 Å². The maximum atomic E-state index is 12.0. The molecular formula is C44H76O6. The molecule has 0 aliphatic carbocycles. The molecule has 0 fully saturated rings. The molecule has 0 saturated carbocycles. The van der Waals surface area contributed by atoms with Gasteiger partial charge in [0.05, 0.1) is 6.10 Å². The molecule has 3 atom stereocenters. The van der Waals surface area contributed by atoms with Crippen molar-refractivity contribution >= 4 is 11.9 Å². The number of ether oxygens (including phenoxy) is 2. The van der Waals surface area contributed by atoms with E-state index >= 15 is 0 Å². The van der Waals surface area contributed by atoms with Gasteiger partial charge in [0.15, 0.2) is 0 Å². The predicted molar refractivity (Wildman–Crippen MR) is 211 cm³/mol. The molecular weight excluding hydrogens is 624 g/mol. The minimum atomic E-state index is -1.01. The van der Waals surface area contributed by atoms with E-state index in [-0.39, 0.29) is 31.6 Å². The fourth-order valence-electron chi connectivity index (χ4n) is 5.42. The summed E-state index contributed by atoms with van der Waals surface area (Å²) in [7, 11) is 0. The molecule has 2 unspecified atom stereocenters. The summed E-state index contributed by atoms with van der Waals surface area (Å²) >= 11 is 0. The Bertz CT molecular complexity index is 917. The molecule has 50 heavy (non-hydrogen) atoms. The SMILES string of the molecule is CC/C=C\C/C=C\CC(O)/C=C/C=C\C/C=C\CCCC(=O)OC[C@@H](O)COC(=O)CCCCCCCCCCCCCCCCC(C)CC. The van der Waals surface area contributed by atoms with Crippen molar-refractivity contribution in [2.45, 2.75) is 187 Å². The molecule has 6 nitrogen and oxygen atoms in total. The van der Waals surface area contributed by atoms with Crippen LogP contribution in [0.4, 0.5) is 0 Å². The monoisotopic (exact) mass is 701 g/mol. The molecule has 0 aliphatic rings. The summed E-state index contributed by atoms with van der Waals surface area (Å²) in [5, 5.41) is 20.0. The molecule has 0 amide bonds. The molecule has 0 aromatic heterocycles. The zero-order chi connectivity index (χ0) is 36.8. The Kier molecular flexibility index (Phi) is 36.0. The van der Waals surface area contributed by atoms with Crippen LogP contribution in [0.2, 0.25) is 0 Å². The summed E-state index contributed by atoms with van der Waals surface area (Å²) in [6.07, 6.45) is 44.5. The second kappa shape index (κ2) is 37.8. The van der Waals surface area contributed by atoms with Gasteiger partial charge in [-0.1, -0.05) is 178 Å². The Morgan fingerprint density at radius 3 is 1.66 bits per heavy atom.